The average Bonchev–Trinajstić information content (AvgIpc) is 2.99. The molecule has 1 amide bonds. The fraction of sp³-hybridized carbons (Fsp3) is 0.636. The molecule has 5 nitrogen and oxygen atoms in total. The van der Waals surface area contributed by atoms with Gasteiger partial charge in [0.2, 0.25) is 0 Å². The first-order chi connectivity index (χ1) is 7.74. The van der Waals surface area contributed by atoms with Gasteiger partial charge in [0.15, 0.2) is 0 Å². The summed E-state index contributed by atoms with van der Waals surface area (Å²) in [7, 11) is 0. The molecule has 1 fully saturated rings. The highest BCUT2D eigenvalue weighted by Crippen LogP contribution is 2.31. The number of imidazole rings is 1. The molecule has 86 valence electrons. The Labute approximate surface area is 93.7 Å². The van der Waals surface area contributed by atoms with Gasteiger partial charge >= 0.3 is 6.09 Å². The molecular weight excluding hydrogens is 206 g/mol. The Morgan fingerprint density at radius 1 is 1.56 bits per heavy atom. The quantitative estimate of drug-likeness (QED) is 0.819. The van der Waals surface area contributed by atoms with Crippen molar-refractivity contribution in [2.45, 2.75) is 32.4 Å². The van der Waals surface area contributed by atoms with Gasteiger partial charge in [-0.2, -0.15) is 0 Å². The summed E-state index contributed by atoms with van der Waals surface area (Å²) >= 11 is 0. The van der Waals surface area contributed by atoms with Gasteiger partial charge in [-0.05, 0) is 18.8 Å². The lowest BCUT2D eigenvalue weighted by molar-refractivity contribution is 0.138. The first-order valence-corrected chi connectivity index (χ1v) is 5.75. The van der Waals surface area contributed by atoms with E-state index in [1.54, 1.807) is 0 Å². The first kappa shape index (κ1) is 9.69. The monoisotopic (exact) mass is 221 g/mol. The van der Waals surface area contributed by atoms with E-state index in [0.29, 0.717) is 13.1 Å². The largest absolute Gasteiger partial charge is 0.465 e. The highest BCUT2D eigenvalue weighted by atomic mass is 16.4. The number of hydrogen-bond donors (Lipinski definition) is 1. The van der Waals surface area contributed by atoms with Crippen LogP contribution in [-0.4, -0.2) is 32.2 Å². The number of nitrogens with zero attached hydrogens (tertiary/aromatic N) is 3. The van der Waals surface area contributed by atoms with Crippen molar-refractivity contribution in [3.63, 3.8) is 0 Å². The maximum Gasteiger partial charge on any atom is 0.407 e. The Kier molecular flexibility index (Phi) is 2.12. The minimum absolute atomic E-state index is 0.447. The van der Waals surface area contributed by atoms with E-state index in [-0.39, 0.29) is 0 Å². The minimum Gasteiger partial charge on any atom is -0.465 e. The van der Waals surface area contributed by atoms with E-state index in [2.05, 4.69) is 9.55 Å². The van der Waals surface area contributed by atoms with E-state index < -0.39 is 6.09 Å². The van der Waals surface area contributed by atoms with Gasteiger partial charge in [-0.25, -0.2) is 9.78 Å². The fourth-order valence-corrected chi connectivity index (χ4v) is 2.27. The summed E-state index contributed by atoms with van der Waals surface area (Å²) < 4.78 is 2.21. The molecule has 0 radical (unpaired) electrons. The molecule has 1 aliphatic carbocycles. The highest BCUT2D eigenvalue weighted by Gasteiger charge is 2.27. The molecule has 0 bridgehead atoms. The molecule has 0 atom stereocenters. The van der Waals surface area contributed by atoms with Crippen molar-refractivity contribution in [1.82, 2.24) is 14.5 Å². The van der Waals surface area contributed by atoms with Gasteiger partial charge in [-0.15, -0.1) is 0 Å². The van der Waals surface area contributed by atoms with E-state index in [4.69, 9.17) is 5.11 Å². The van der Waals surface area contributed by atoms with Crippen molar-refractivity contribution < 1.29 is 9.90 Å². The predicted molar refractivity (Wildman–Crippen MR) is 57.1 cm³/mol. The van der Waals surface area contributed by atoms with E-state index in [1.807, 2.05) is 6.33 Å². The molecule has 0 unspecified atom stereocenters. The van der Waals surface area contributed by atoms with E-state index in [1.165, 1.54) is 23.4 Å². The molecule has 2 heterocycles. The first-order valence-electron chi connectivity index (χ1n) is 5.75. The van der Waals surface area contributed by atoms with Crippen LogP contribution in [0.25, 0.3) is 0 Å². The summed E-state index contributed by atoms with van der Waals surface area (Å²) in [4.78, 5) is 16.6. The summed E-state index contributed by atoms with van der Waals surface area (Å²) in [5.41, 5.74) is 2.18. The number of hydrogen-bond acceptors (Lipinski definition) is 2. The predicted octanol–water partition coefficient (Wildman–Crippen LogP) is 1.33. The van der Waals surface area contributed by atoms with Gasteiger partial charge in [0, 0.05) is 25.2 Å². The molecule has 16 heavy (non-hydrogen) atoms. The number of rotatable bonds is 2. The van der Waals surface area contributed by atoms with Crippen LogP contribution < -0.4 is 0 Å². The molecule has 3 rings (SSSR count). The third-order valence-corrected chi connectivity index (χ3v) is 3.41. The highest BCUT2D eigenvalue weighted by molar-refractivity contribution is 5.65. The van der Waals surface area contributed by atoms with Crippen LogP contribution in [0.15, 0.2) is 6.33 Å². The van der Waals surface area contributed by atoms with Crippen molar-refractivity contribution in [2.24, 2.45) is 5.92 Å². The maximum atomic E-state index is 10.9. The number of carboxylic acid groups (broad SMARTS) is 1. The Hall–Kier alpha value is -1.52. The van der Waals surface area contributed by atoms with Gasteiger partial charge in [0.05, 0.1) is 18.6 Å². The van der Waals surface area contributed by atoms with Crippen LogP contribution in [0.1, 0.15) is 24.2 Å². The molecule has 0 aromatic carbocycles. The summed E-state index contributed by atoms with van der Waals surface area (Å²) in [5, 5.41) is 8.92. The molecule has 1 aromatic heterocycles. The van der Waals surface area contributed by atoms with Gasteiger partial charge < -0.3 is 14.6 Å². The third-order valence-electron chi connectivity index (χ3n) is 3.41. The molecular formula is C11H15N3O2. The zero-order valence-corrected chi connectivity index (χ0v) is 9.09. The molecule has 1 saturated carbocycles. The number of amides is 1. The Morgan fingerprint density at radius 2 is 2.38 bits per heavy atom. The lowest BCUT2D eigenvalue weighted by atomic mass is 10.1. The molecule has 5 heteroatoms. The summed E-state index contributed by atoms with van der Waals surface area (Å²) in [6, 6.07) is 0. The van der Waals surface area contributed by atoms with Crippen molar-refractivity contribution in [1.29, 1.82) is 0 Å². The summed E-state index contributed by atoms with van der Waals surface area (Å²) in [5.74, 6) is 0.829. The summed E-state index contributed by atoms with van der Waals surface area (Å²) in [6.07, 6.45) is 4.48. The zero-order chi connectivity index (χ0) is 11.1. The maximum absolute atomic E-state index is 10.9. The smallest absolute Gasteiger partial charge is 0.407 e. The lowest BCUT2D eigenvalue weighted by Gasteiger charge is -2.24. The average molecular weight is 221 g/mol. The molecule has 1 N–H and O–H groups in total. The molecule has 1 aliphatic heterocycles. The topological polar surface area (TPSA) is 58.4 Å². The fourth-order valence-electron chi connectivity index (χ4n) is 2.27. The van der Waals surface area contributed by atoms with Crippen molar-refractivity contribution >= 4 is 6.09 Å². The third kappa shape index (κ3) is 1.66. The normalized spacial score (nSPS) is 19.6. The second-order valence-corrected chi connectivity index (χ2v) is 4.69. The molecule has 2 aliphatic rings. The van der Waals surface area contributed by atoms with Crippen LogP contribution in [0.3, 0.4) is 0 Å². The molecule has 0 saturated heterocycles. The number of carbonyl (C=O) groups is 1. The van der Waals surface area contributed by atoms with E-state index in [9.17, 15) is 4.79 Å². The van der Waals surface area contributed by atoms with Crippen LogP contribution in [0.5, 0.6) is 0 Å². The minimum atomic E-state index is -0.845. The van der Waals surface area contributed by atoms with Gasteiger partial charge in [0.25, 0.3) is 0 Å². The SMILES string of the molecule is O=C(O)N1CCc2c(ncn2CC2CC2)C1. The number of aromatic nitrogens is 2. The van der Waals surface area contributed by atoms with Gasteiger partial charge in [0.1, 0.15) is 0 Å². The molecule has 1 aromatic rings. The van der Waals surface area contributed by atoms with E-state index >= 15 is 0 Å². The summed E-state index contributed by atoms with van der Waals surface area (Å²) in [6.45, 7) is 2.11. The molecule has 0 spiro atoms. The van der Waals surface area contributed by atoms with Crippen LogP contribution >= 0.6 is 0 Å². The zero-order valence-electron chi connectivity index (χ0n) is 9.09. The second-order valence-electron chi connectivity index (χ2n) is 4.69. The van der Waals surface area contributed by atoms with Crippen molar-refractivity contribution in [3.8, 4) is 0 Å². The van der Waals surface area contributed by atoms with E-state index in [0.717, 1.165) is 24.6 Å². The van der Waals surface area contributed by atoms with Crippen LogP contribution in [-0.2, 0) is 19.5 Å². The van der Waals surface area contributed by atoms with Gasteiger partial charge in [-0.3, -0.25) is 0 Å². The van der Waals surface area contributed by atoms with Gasteiger partial charge in [-0.1, -0.05) is 0 Å². The second kappa shape index (κ2) is 3.50. The number of fused-ring (bicyclic) bond motifs is 1. The standard InChI is InChI=1S/C11H15N3O2/c15-11(16)13-4-3-10-9(6-13)12-7-14(10)5-8-1-2-8/h7-8H,1-6H2,(H,15,16). The van der Waals surface area contributed by atoms with Crippen LogP contribution in [0, 0.1) is 5.92 Å². The Balaban J connectivity index is 1.79. The lowest BCUT2D eigenvalue weighted by Crippen LogP contribution is -2.35. The Bertz CT molecular complexity index is 423. The Morgan fingerprint density at radius 3 is 3.06 bits per heavy atom. The van der Waals surface area contributed by atoms with Crippen molar-refractivity contribution in [2.75, 3.05) is 6.54 Å². The van der Waals surface area contributed by atoms with Crippen LogP contribution in [0.2, 0.25) is 0 Å². The van der Waals surface area contributed by atoms with Crippen molar-refractivity contribution in [3.05, 3.63) is 17.7 Å². The van der Waals surface area contributed by atoms with Crippen LogP contribution in [0.4, 0.5) is 4.79 Å².